The summed E-state index contributed by atoms with van der Waals surface area (Å²) in [7, 11) is -0.438. The number of hydrogen-bond acceptors (Lipinski definition) is 5. The van der Waals surface area contributed by atoms with Gasteiger partial charge in [-0.3, -0.25) is 4.79 Å². The summed E-state index contributed by atoms with van der Waals surface area (Å²) in [5.74, 6) is -0.374. The average Bonchev–Trinajstić information content (AvgIpc) is 3.09. The Morgan fingerprint density at radius 1 is 1.16 bits per heavy atom. The molecule has 0 radical (unpaired) electrons. The van der Waals surface area contributed by atoms with Gasteiger partial charge in [0.2, 0.25) is 5.91 Å². The topological polar surface area (TPSA) is 59.3 Å². The Labute approximate surface area is 188 Å². The van der Waals surface area contributed by atoms with Crippen LogP contribution in [0.5, 0.6) is 0 Å². The second kappa shape index (κ2) is 6.70. The summed E-state index contributed by atoms with van der Waals surface area (Å²) in [6.45, 7) is 9.74. The highest BCUT2D eigenvalue weighted by atomic mass is 19.1. The number of halogens is 1. The molecule has 0 aromatic carbocycles. The molecule has 4 fully saturated rings. The van der Waals surface area contributed by atoms with Crippen LogP contribution >= 0.6 is 0 Å². The van der Waals surface area contributed by atoms with Gasteiger partial charge in [0, 0.05) is 43.0 Å². The van der Waals surface area contributed by atoms with Gasteiger partial charge in [-0.2, -0.15) is 5.10 Å². The van der Waals surface area contributed by atoms with E-state index in [-0.39, 0.29) is 18.0 Å². The zero-order valence-electron chi connectivity index (χ0n) is 19.1. The first kappa shape index (κ1) is 20.5. The molecule has 170 valence electrons. The van der Waals surface area contributed by atoms with Crippen molar-refractivity contribution in [2.24, 2.45) is 5.92 Å². The van der Waals surface area contributed by atoms with Gasteiger partial charge in [0.15, 0.2) is 0 Å². The van der Waals surface area contributed by atoms with Crippen molar-refractivity contribution < 1.29 is 18.5 Å². The molecule has 7 nitrogen and oxygen atoms in total. The third-order valence-corrected chi connectivity index (χ3v) is 8.14. The molecule has 0 spiro atoms. The minimum atomic E-state index is -0.936. The van der Waals surface area contributed by atoms with Crippen LogP contribution in [0.25, 0.3) is 5.52 Å². The molecule has 2 aromatic heterocycles. The van der Waals surface area contributed by atoms with E-state index in [9.17, 15) is 9.18 Å². The molecule has 3 aliphatic heterocycles. The van der Waals surface area contributed by atoms with Gasteiger partial charge in [0.1, 0.15) is 6.17 Å². The summed E-state index contributed by atoms with van der Waals surface area (Å²) in [5.41, 5.74) is 2.25. The van der Waals surface area contributed by atoms with Crippen molar-refractivity contribution in [3.05, 3.63) is 24.5 Å². The van der Waals surface area contributed by atoms with Crippen LogP contribution in [0.1, 0.15) is 47.0 Å². The van der Waals surface area contributed by atoms with E-state index in [1.165, 1.54) is 0 Å². The summed E-state index contributed by atoms with van der Waals surface area (Å²) in [5, 5.41) is 4.51. The molecule has 3 saturated heterocycles. The lowest BCUT2D eigenvalue weighted by Crippen LogP contribution is -2.56. The fraction of sp³-hybridized carbons (Fsp3) is 0.652. The first-order valence-corrected chi connectivity index (χ1v) is 11.7. The van der Waals surface area contributed by atoms with Gasteiger partial charge in [-0.15, -0.1) is 0 Å². The third-order valence-electron chi connectivity index (χ3n) is 8.14. The lowest BCUT2D eigenvalue weighted by Gasteiger charge is -2.42. The Balaban J connectivity index is 1.27. The first-order valence-electron chi connectivity index (χ1n) is 11.7. The maximum Gasteiger partial charge on any atom is 0.496 e. The van der Waals surface area contributed by atoms with Gasteiger partial charge < -0.3 is 19.1 Å². The van der Waals surface area contributed by atoms with E-state index in [1.54, 1.807) is 0 Å². The van der Waals surface area contributed by atoms with E-state index in [4.69, 9.17) is 9.31 Å². The highest BCUT2D eigenvalue weighted by Gasteiger charge is 2.53. The molecule has 2 bridgehead atoms. The zero-order valence-corrected chi connectivity index (χ0v) is 19.1. The number of alkyl halides is 1. The number of rotatable bonds is 3. The summed E-state index contributed by atoms with van der Waals surface area (Å²) >= 11 is 0. The average molecular weight is 440 g/mol. The summed E-state index contributed by atoms with van der Waals surface area (Å²) in [6.07, 6.45) is 5.22. The van der Waals surface area contributed by atoms with Crippen molar-refractivity contribution in [2.75, 3.05) is 18.0 Å². The van der Waals surface area contributed by atoms with Crippen LogP contribution < -0.4 is 10.4 Å². The smallest absolute Gasteiger partial charge is 0.399 e. The summed E-state index contributed by atoms with van der Waals surface area (Å²) < 4.78 is 27.9. The number of carbonyl (C=O) groups is 1. The molecule has 5 heterocycles. The van der Waals surface area contributed by atoms with Crippen molar-refractivity contribution in [1.82, 2.24) is 14.5 Å². The number of piperazine rings is 1. The van der Waals surface area contributed by atoms with Crippen LogP contribution in [-0.4, -0.2) is 70.1 Å². The Bertz CT molecular complexity index is 1060. The quantitative estimate of drug-likeness (QED) is 0.685. The number of anilines is 1. The maximum absolute atomic E-state index is 13.5. The molecule has 1 saturated carbocycles. The highest BCUT2D eigenvalue weighted by molar-refractivity contribution is 6.62. The summed E-state index contributed by atoms with van der Waals surface area (Å²) in [4.78, 5) is 17.1. The maximum atomic E-state index is 13.5. The normalized spacial score (nSPS) is 32.7. The van der Waals surface area contributed by atoms with Crippen molar-refractivity contribution >= 4 is 29.7 Å². The van der Waals surface area contributed by atoms with E-state index < -0.39 is 30.4 Å². The Morgan fingerprint density at radius 3 is 2.38 bits per heavy atom. The Kier molecular flexibility index (Phi) is 4.29. The molecule has 2 aromatic rings. The number of nitrogens with zero attached hydrogens (tertiary/aromatic N) is 4. The molecule has 1 amide bonds. The fourth-order valence-corrected chi connectivity index (χ4v) is 5.47. The van der Waals surface area contributed by atoms with E-state index in [1.807, 2.05) is 27.9 Å². The van der Waals surface area contributed by atoms with Crippen molar-refractivity contribution in [3.8, 4) is 0 Å². The molecule has 6 rings (SSSR count). The van der Waals surface area contributed by atoms with Crippen LogP contribution in [0, 0.1) is 5.92 Å². The van der Waals surface area contributed by atoms with Crippen LogP contribution in [-0.2, 0) is 14.1 Å². The molecule has 0 N–H and O–H groups in total. The van der Waals surface area contributed by atoms with Crippen molar-refractivity contribution in [1.29, 1.82) is 0 Å². The van der Waals surface area contributed by atoms with Crippen LogP contribution in [0.2, 0.25) is 0 Å². The van der Waals surface area contributed by atoms with Gasteiger partial charge in [-0.05, 0) is 59.1 Å². The number of amides is 1. The SMILES string of the molecule is CC1(C)OB(c2cc3c(N4CC5CCC(C4)N5C(=O)[C@@H]4C[C@H]4F)ccnn3c2)OC1(C)C. The minimum Gasteiger partial charge on any atom is -0.399 e. The third kappa shape index (κ3) is 3.00. The van der Waals surface area contributed by atoms with E-state index >= 15 is 0 Å². The van der Waals surface area contributed by atoms with Gasteiger partial charge >= 0.3 is 7.12 Å². The van der Waals surface area contributed by atoms with Gasteiger partial charge in [0.25, 0.3) is 0 Å². The van der Waals surface area contributed by atoms with E-state index in [0.717, 1.165) is 42.6 Å². The zero-order chi connectivity index (χ0) is 22.4. The largest absolute Gasteiger partial charge is 0.496 e. The van der Waals surface area contributed by atoms with E-state index in [2.05, 4.69) is 43.8 Å². The number of fused-ring (bicyclic) bond motifs is 3. The number of carbonyl (C=O) groups excluding carboxylic acids is 1. The lowest BCUT2D eigenvalue weighted by atomic mass is 9.81. The molecule has 4 atom stereocenters. The van der Waals surface area contributed by atoms with Crippen molar-refractivity contribution in [3.63, 3.8) is 0 Å². The molecule has 32 heavy (non-hydrogen) atoms. The highest BCUT2D eigenvalue weighted by Crippen LogP contribution is 2.41. The predicted molar refractivity (Wildman–Crippen MR) is 120 cm³/mol. The Hall–Kier alpha value is -2.13. The molecular formula is C23H30BFN4O3. The molecule has 9 heteroatoms. The van der Waals surface area contributed by atoms with Gasteiger partial charge in [-0.1, -0.05) is 0 Å². The van der Waals surface area contributed by atoms with Gasteiger partial charge in [0.05, 0.1) is 28.3 Å². The lowest BCUT2D eigenvalue weighted by molar-refractivity contribution is -0.136. The molecule has 2 unspecified atom stereocenters. The standard InChI is InChI=1S/C23H30BFN4O3/c1-22(2)23(3,4)32-24(31-22)14-9-20-19(7-8-26-28(20)11-14)27-12-15-5-6-16(13-27)29(15)21(30)17-10-18(17)25/h7-9,11,15-18H,5-6,10,12-13H2,1-4H3/t15?,16?,17-,18-/m1/s1. The van der Waals surface area contributed by atoms with Crippen molar-refractivity contribution in [2.45, 2.75) is 76.4 Å². The second-order valence-electron chi connectivity index (χ2n) is 10.8. The second-order valence-corrected chi connectivity index (χ2v) is 10.8. The minimum absolute atomic E-state index is 0.0234. The fourth-order valence-electron chi connectivity index (χ4n) is 5.47. The van der Waals surface area contributed by atoms with Crippen LogP contribution in [0.4, 0.5) is 10.1 Å². The summed E-state index contributed by atoms with van der Waals surface area (Å²) in [6, 6.07) is 4.44. The van der Waals surface area contributed by atoms with Gasteiger partial charge in [-0.25, -0.2) is 8.91 Å². The monoisotopic (exact) mass is 440 g/mol. The number of aromatic nitrogens is 2. The number of hydrogen-bond donors (Lipinski definition) is 0. The van der Waals surface area contributed by atoms with E-state index in [0.29, 0.717) is 6.42 Å². The van der Waals surface area contributed by atoms with Crippen LogP contribution in [0.3, 0.4) is 0 Å². The molecule has 1 aliphatic carbocycles. The molecule has 4 aliphatic rings. The Morgan fingerprint density at radius 2 is 1.78 bits per heavy atom. The molecular weight excluding hydrogens is 410 g/mol. The first-order chi connectivity index (χ1) is 15.1. The predicted octanol–water partition coefficient (Wildman–Crippen LogP) is 2.17. The van der Waals surface area contributed by atoms with Crippen LogP contribution in [0.15, 0.2) is 24.5 Å².